The molecule has 0 unspecified atom stereocenters. The highest BCUT2D eigenvalue weighted by Gasteiger charge is 2.22. The third kappa shape index (κ3) is 2.96. The van der Waals surface area contributed by atoms with Gasteiger partial charge in [-0.15, -0.1) is 10.2 Å². The Morgan fingerprint density at radius 3 is 2.70 bits per heavy atom. The minimum atomic E-state index is 0.664. The Labute approximate surface area is 175 Å². The molecule has 0 fully saturated rings. The molecule has 2 aromatic carbocycles. The molecule has 2 aromatic heterocycles. The van der Waals surface area contributed by atoms with Gasteiger partial charge in [0.25, 0.3) is 0 Å². The van der Waals surface area contributed by atoms with Crippen LogP contribution in [-0.4, -0.2) is 32.9 Å². The van der Waals surface area contributed by atoms with Crippen LogP contribution in [0.15, 0.2) is 61.1 Å². The SMILES string of the molecule is CCCN(C)c1ccc2c(c1)Cn1cc(-c3ccc(C#N)cc3)cc1-c1nncn1-2. The van der Waals surface area contributed by atoms with Gasteiger partial charge in [0.05, 0.1) is 23.0 Å². The summed E-state index contributed by atoms with van der Waals surface area (Å²) < 4.78 is 4.31. The van der Waals surface area contributed by atoms with E-state index in [1.807, 2.05) is 24.3 Å². The van der Waals surface area contributed by atoms with E-state index in [0.29, 0.717) is 5.56 Å². The Hall–Kier alpha value is -3.85. The van der Waals surface area contributed by atoms with Gasteiger partial charge in [-0.25, -0.2) is 0 Å². The van der Waals surface area contributed by atoms with Crippen molar-refractivity contribution in [3.05, 3.63) is 72.2 Å². The van der Waals surface area contributed by atoms with Gasteiger partial charge in [-0.3, -0.25) is 4.57 Å². The maximum atomic E-state index is 9.06. The van der Waals surface area contributed by atoms with E-state index in [1.165, 1.54) is 11.3 Å². The van der Waals surface area contributed by atoms with Gasteiger partial charge in [0.1, 0.15) is 6.33 Å². The summed E-state index contributed by atoms with van der Waals surface area (Å²) in [6.45, 7) is 3.98. The van der Waals surface area contributed by atoms with Crippen LogP contribution in [0.1, 0.15) is 24.5 Å². The molecule has 0 N–H and O–H groups in total. The van der Waals surface area contributed by atoms with Crippen LogP contribution in [0.3, 0.4) is 0 Å². The predicted octanol–water partition coefficient (Wildman–Crippen LogP) is 4.48. The van der Waals surface area contributed by atoms with Crippen LogP contribution in [0.4, 0.5) is 5.69 Å². The fourth-order valence-electron chi connectivity index (χ4n) is 4.13. The fourth-order valence-corrected chi connectivity index (χ4v) is 4.13. The maximum Gasteiger partial charge on any atom is 0.185 e. The van der Waals surface area contributed by atoms with Gasteiger partial charge in [-0.05, 0) is 53.9 Å². The van der Waals surface area contributed by atoms with Crippen molar-refractivity contribution in [2.75, 3.05) is 18.5 Å². The number of nitrogens with zero attached hydrogens (tertiary/aromatic N) is 6. The number of benzene rings is 2. The quantitative estimate of drug-likeness (QED) is 0.451. The number of anilines is 1. The molecule has 0 bridgehead atoms. The summed E-state index contributed by atoms with van der Waals surface area (Å²) in [4.78, 5) is 2.29. The Balaban J connectivity index is 1.61. The van der Waals surface area contributed by atoms with Crippen molar-refractivity contribution in [1.82, 2.24) is 19.3 Å². The van der Waals surface area contributed by atoms with E-state index < -0.39 is 0 Å². The number of hydrogen-bond acceptors (Lipinski definition) is 4. The number of rotatable bonds is 4. The summed E-state index contributed by atoms with van der Waals surface area (Å²) in [6.07, 6.45) is 5.06. The van der Waals surface area contributed by atoms with Gasteiger partial charge in [0, 0.05) is 37.6 Å². The normalized spacial score (nSPS) is 11.8. The third-order valence-corrected chi connectivity index (χ3v) is 5.68. The van der Waals surface area contributed by atoms with Crippen molar-refractivity contribution in [3.63, 3.8) is 0 Å². The zero-order valence-electron chi connectivity index (χ0n) is 17.1. The monoisotopic (exact) mass is 394 g/mol. The van der Waals surface area contributed by atoms with Crippen molar-refractivity contribution in [2.24, 2.45) is 0 Å². The van der Waals surface area contributed by atoms with Gasteiger partial charge in [0.15, 0.2) is 5.82 Å². The molecule has 148 valence electrons. The molecule has 3 heterocycles. The Morgan fingerprint density at radius 2 is 1.93 bits per heavy atom. The van der Waals surface area contributed by atoms with Crippen LogP contribution < -0.4 is 4.90 Å². The Kier molecular flexibility index (Phi) is 4.36. The minimum Gasteiger partial charge on any atom is -0.375 e. The Morgan fingerprint density at radius 1 is 1.10 bits per heavy atom. The van der Waals surface area contributed by atoms with E-state index in [9.17, 15) is 0 Å². The molecule has 4 aromatic rings. The molecule has 0 spiro atoms. The predicted molar refractivity (Wildman–Crippen MR) is 118 cm³/mol. The third-order valence-electron chi connectivity index (χ3n) is 5.68. The molecule has 1 aliphatic heterocycles. The molecule has 6 nitrogen and oxygen atoms in total. The molecule has 30 heavy (non-hydrogen) atoms. The highest BCUT2D eigenvalue weighted by atomic mass is 15.3. The van der Waals surface area contributed by atoms with Crippen LogP contribution >= 0.6 is 0 Å². The second-order valence-corrected chi connectivity index (χ2v) is 7.69. The van der Waals surface area contributed by atoms with Gasteiger partial charge in [0.2, 0.25) is 0 Å². The fraction of sp³-hybridized carbons (Fsp3) is 0.208. The van der Waals surface area contributed by atoms with Crippen molar-refractivity contribution < 1.29 is 0 Å². The molecular weight excluding hydrogens is 372 g/mol. The summed E-state index contributed by atoms with van der Waals surface area (Å²) in [5.74, 6) is 0.836. The van der Waals surface area contributed by atoms with E-state index in [0.717, 1.165) is 47.8 Å². The zero-order valence-corrected chi connectivity index (χ0v) is 17.1. The lowest BCUT2D eigenvalue weighted by Crippen LogP contribution is -2.18. The first-order chi connectivity index (χ1) is 14.7. The number of fused-ring (bicyclic) bond motifs is 5. The topological polar surface area (TPSA) is 62.7 Å². The average Bonchev–Trinajstić information content (AvgIpc) is 3.39. The first-order valence-corrected chi connectivity index (χ1v) is 10.1. The molecule has 0 radical (unpaired) electrons. The average molecular weight is 394 g/mol. The summed E-state index contributed by atoms with van der Waals surface area (Å²) in [7, 11) is 2.14. The first-order valence-electron chi connectivity index (χ1n) is 10.1. The van der Waals surface area contributed by atoms with E-state index in [4.69, 9.17) is 5.26 Å². The highest BCUT2D eigenvalue weighted by molar-refractivity contribution is 5.72. The molecule has 0 atom stereocenters. The minimum absolute atomic E-state index is 0.664. The molecule has 0 saturated heterocycles. The maximum absolute atomic E-state index is 9.06. The number of hydrogen-bond donors (Lipinski definition) is 0. The molecule has 6 heteroatoms. The van der Waals surface area contributed by atoms with Crippen molar-refractivity contribution >= 4 is 5.69 Å². The van der Waals surface area contributed by atoms with E-state index in [2.05, 4.69) is 74.7 Å². The Bertz CT molecular complexity index is 1260. The molecule has 0 amide bonds. The number of aromatic nitrogens is 4. The largest absolute Gasteiger partial charge is 0.375 e. The van der Waals surface area contributed by atoms with E-state index in [1.54, 1.807) is 6.33 Å². The molecular formula is C24H22N6. The van der Waals surface area contributed by atoms with Gasteiger partial charge >= 0.3 is 0 Å². The molecule has 0 saturated carbocycles. The lowest BCUT2D eigenvalue weighted by molar-refractivity contribution is 0.812. The van der Waals surface area contributed by atoms with Crippen LogP contribution in [-0.2, 0) is 6.54 Å². The lowest BCUT2D eigenvalue weighted by atomic mass is 10.1. The van der Waals surface area contributed by atoms with Gasteiger partial charge < -0.3 is 9.47 Å². The second kappa shape index (κ2) is 7.20. The standard InChI is InChI=1S/C24H22N6/c1-3-10-28(2)21-8-9-22-20(11-21)15-29-14-19(18-6-4-17(13-25)5-7-18)12-23(29)24-27-26-16-30(22)24/h4-9,11-12,14,16H,3,10,15H2,1-2H3. The van der Waals surface area contributed by atoms with Crippen molar-refractivity contribution in [1.29, 1.82) is 5.26 Å². The van der Waals surface area contributed by atoms with Gasteiger partial charge in [-0.2, -0.15) is 5.26 Å². The summed E-state index contributed by atoms with van der Waals surface area (Å²) in [5, 5.41) is 17.7. The second-order valence-electron chi connectivity index (χ2n) is 7.69. The van der Waals surface area contributed by atoms with Crippen LogP contribution in [0.25, 0.3) is 28.3 Å². The highest BCUT2D eigenvalue weighted by Crippen LogP contribution is 2.34. The molecule has 1 aliphatic rings. The van der Waals surface area contributed by atoms with Crippen LogP contribution in [0.2, 0.25) is 0 Å². The van der Waals surface area contributed by atoms with Gasteiger partial charge in [-0.1, -0.05) is 19.1 Å². The molecule has 5 rings (SSSR count). The first kappa shape index (κ1) is 18.2. The zero-order chi connectivity index (χ0) is 20.7. The van der Waals surface area contributed by atoms with Crippen LogP contribution in [0, 0.1) is 11.3 Å². The lowest BCUT2D eigenvalue weighted by Gasteiger charge is -2.20. The summed E-state index contributed by atoms with van der Waals surface area (Å²) >= 11 is 0. The van der Waals surface area contributed by atoms with E-state index >= 15 is 0 Å². The van der Waals surface area contributed by atoms with Crippen molar-refractivity contribution in [2.45, 2.75) is 19.9 Å². The van der Waals surface area contributed by atoms with Crippen LogP contribution in [0.5, 0.6) is 0 Å². The summed E-state index contributed by atoms with van der Waals surface area (Å²) in [6, 6.07) is 18.6. The number of nitriles is 1. The van der Waals surface area contributed by atoms with Crippen molar-refractivity contribution in [3.8, 4) is 34.4 Å². The molecule has 0 aliphatic carbocycles. The van der Waals surface area contributed by atoms with E-state index in [-0.39, 0.29) is 0 Å². The summed E-state index contributed by atoms with van der Waals surface area (Å²) in [5.41, 5.74) is 7.45. The smallest absolute Gasteiger partial charge is 0.185 e.